The van der Waals surface area contributed by atoms with Crippen molar-refractivity contribution in [1.82, 2.24) is 14.7 Å². The second kappa shape index (κ2) is 6.38. The molecule has 116 valence electrons. The molecule has 2 N–H and O–H groups in total. The number of hydrogen-bond acceptors (Lipinski definition) is 4. The van der Waals surface area contributed by atoms with E-state index in [-0.39, 0.29) is 11.4 Å². The van der Waals surface area contributed by atoms with Gasteiger partial charge in [0.15, 0.2) is 0 Å². The van der Waals surface area contributed by atoms with Crippen LogP contribution in [0.2, 0.25) is 0 Å². The quantitative estimate of drug-likeness (QED) is 0.886. The van der Waals surface area contributed by atoms with Crippen molar-refractivity contribution in [2.75, 3.05) is 11.1 Å². The molecule has 1 aliphatic heterocycles. The predicted molar refractivity (Wildman–Crippen MR) is 81.4 cm³/mol. The SMILES string of the molecule is CCCC1SCC(C(=O)O)N1C(=O)Nc1cn(C)nc1C. The molecule has 1 aliphatic rings. The van der Waals surface area contributed by atoms with Gasteiger partial charge in [0.2, 0.25) is 0 Å². The minimum Gasteiger partial charge on any atom is -0.480 e. The molecule has 1 aromatic heterocycles. The van der Waals surface area contributed by atoms with E-state index < -0.39 is 12.0 Å². The third-order valence-corrected chi connectivity index (χ3v) is 4.76. The van der Waals surface area contributed by atoms with Gasteiger partial charge in [-0.05, 0) is 13.3 Å². The van der Waals surface area contributed by atoms with E-state index in [4.69, 9.17) is 0 Å². The number of carboxylic acid groups (broad SMARTS) is 1. The van der Waals surface area contributed by atoms with E-state index in [1.54, 1.807) is 24.9 Å². The molecule has 8 heteroatoms. The molecule has 2 atom stereocenters. The standard InChI is InChI=1S/C13H20N4O3S/c1-4-5-11-17(10(7-21-11)12(18)19)13(20)14-9-6-16(3)15-8(9)2/h6,10-11H,4-5,7H2,1-3H3,(H,14,20)(H,18,19). The molecule has 0 bridgehead atoms. The molecule has 1 fully saturated rings. The van der Waals surface area contributed by atoms with Gasteiger partial charge in [-0.1, -0.05) is 13.3 Å². The maximum absolute atomic E-state index is 12.5. The molecule has 0 spiro atoms. The number of carbonyl (C=O) groups excluding carboxylic acids is 1. The summed E-state index contributed by atoms with van der Waals surface area (Å²) < 4.78 is 1.61. The van der Waals surface area contributed by atoms with E-state index in [1.165, 1.54) is 16.7 Å². The van der Waals surface area contributed by atoms with Crippen molar-refractivity contribution in [3.63, 3.8) is 0 Å². The number of thioether (sulfide) groups is 1. The Hall–Kier alpha value is -1.70. The summed E-state index contributed by atoms with van der Waals surface area (Å²) in [6, 6.07) is -1.15. The maximum atomic E-state index is 12.5. The largest absolute Gasteiger partial charge is 0.480 e. The number of carbonyl (C=O) groups is 2. The van der Waals surface area contributed by atoms with Crippen LogP contribution in [0.5, 0.6) is 0 Å². The first kappa shape index (κ1) is 15.7. The van der Waals surface area contributed by atoms with Gasteiger partial charge in [-0.15, -0.1) is 11.8 Å². The van der Waals surface area contributed by atoms with Crippen molar-refractivity contribution in [1.29, 1.82) is 0 Å². The predicted octanol–water partition coefficient (Wildman–Crippen LogP) is 1.89. The highest BCUT2D eigenvalue weighted by atomic mass is 32.2. The first-order valence-corrected chi connectivity index (χ1v) is 7.92. The molecule has 2 unspecified atom stereocenters. The van der Waals surface area contributed by atoms with Crippen LogP contribution in [0.4, 0.5) is 10.5 Å². The zero-order valence-corrected chi connectivity index (χ0v) is 13.2. The van der Waals surface area contributed by atoms with E-state index in [0.717, 1.165) is 12.8 Å². The highest BCUT2D eigenvalue weighted by molar-refractivity contribution is 8.00. The summed E-state index contributed by atoms with van der Waals surface area (Å²) >= 11 is 1.52. The summed E-state index contributed by atoms with van der Waals surface area (Å²) in [7, 11) is 1.77. The Morgan fingerprint density at radius 3 is 2.81 bits per heavy atom. The van der Waals surface area contributed by atoms with Gasteiger partial charge in [0.1, 0.15) is 6.04 Å². The van der Waals surface area contributed by atoms with E-state index in [1.807, 2.05) is 6.92 Å². The second-order valence-corrected chi connectivity index (χ2v) is 6.28. The van der Waals surface area contributed by atoms with Crippen LogP contribution in [0.15, 0.2) is 6.20 Å². The van der Waals surface area contributed by atoms with Crippen molar-refractivity contribution < 1.29 is 14.7 Å². The zero-order chi connectivity index (χ0) is 15.6. The van der Waals surface area contributed by atoms with Crippen LogP contribution in [0.1, 0.15) is 25.5 Å². The second-order valence-electron chi connectivity index (χ2n) is 5.07. The monoisotopic (exact) mass is 312 g/mol. The molecule has 2 rings (SSSR count). The fourth-order valence-corrected chi connectivity index (χ4v) is 3.91. The van der Waals surface area contributed by atoms with Crippen LogP contribution >= 0.6 is 11.8 Å². The minimum absolute atomic E-state index is 0.0897. The summed E-state index contributed by atoms with van der Waals surface area (Å²) in [6.45, 7) is 3.82. The molecule has 1 aromatic rings. The first-order chi connectivity index (χ1) is 9.93. The Morgan fingerprint density at radius 2 is 2.29 bits per heavy atom. The van der Waals surface area contributed by atoms with Gasteiger partial charge in [-0.3, -0.25) is 9.58 Å². The number of aryl methyl sites for hydroxylation is 2. The Balaban J connectivity index is 2.16. The molecule has 1 saturated heterocycles. The number of aliphatic carboxylic acids is 1. The molecule has 0 radical (unpaired) electrons. The van der Waals surface area contributed by atoms with Crippen LogP contribution in [-0.2, 0) is 11.8 Å². The van der Waals surface area contributed by atoms with Gasteiger partial charge in [0, 0.05) is 19.0 Å². The third kappa shape index (κ3) is 3.31. The van der Waals surface area contributed by atoms with Crippen molar-refractivity contribution >= 4 is 29.4 Å². The molecular formula is C13H20N4O3S. The highest BCUT2D eigenvalue weighted by Gasteiger charge is 2.41. The van der Waals surface area contributed by atoms with Crippen LogP contribution in [0.3, 0.4) is 0 Å². The number of aromatic nitrogens is 2. The lowest BCUT2D eigenvalue weighted by Crippen LogP contribution is -2.47. The molecule has 0 aliphatic carbocycles. The summed E-state index contributed by atoms with van der Waals surface area (Å²) in [5, 5.41) is 16.1. The van der Waals surface area contributed by atoms with Crippen LogP contribution in [-0.4, -0.2) is 49.0 Å². The Morgan fingerprint density at radius 1 is 1.57 bits per heavy atom. The molecule has 7 nitrogen and oxygen atoms in total. The van der Waals surface area contributed by atoms with Crippen molar-refractivity contribution in [2.24, 2.45) is 7.05 Å². The fourth-order valence-electron chi connectivity index (χ4n) is 2.40. The number of carboxylic acids is 1. The van der Waals surface area contributed by atoms with Gasteiger partial charge in [0.05, 0.1) is 16.8 Å². The minimum atomic E-state index is -0.959. The lowest BCUT2D eigenvalue weighted by atomic mass is 10.2. The average Bonchev–Trinajstić information content (AvgIpc) is 2.94. The zero-order valence-electron chi connectivity index (χ0n) is 12.4. The molecule has 21 heavy (non-hydrogen) atoms. The molecule has 2 amide bonds. The number of amides is 2. The van der Waals surface area contributed by atoms with E-state index in [2.05, 4.69) is 10.4 Å². The number of urea groups is 1. The number of anilines is 1. The Labute approximate surface area is 127 Å². The van der Waals surface area contributed by atoms with Gasteiger partial charge in [-0.25, -0.2) is 9.59 Å². The van der Waals surface area contributed by atoms with Crippen molar-refractivity contribution in [3.8, 4) is 0 Å². The normalized spacial score (nSPS) is 21.6. The number of nitrogens with zero attached hydrogens (tertiary/aromatic N) is 3. The third-order valence-electron chi connectivity index (χ3n) is 3.40. The number of hydrogen-bond donors (Lipinski definition) is 2. The Kier molecular flexibility index (Phi) is 4.76. The highest BCUT2D eigenvalue weighted by Crippen LogP contribution is 2.33. The lowest BCUT2D eigenvalue weighted by molar-refractivity contribution is -0.141. The summed E-state index contributed by atoms with van der Waals surface area (Å²) in [6.07, 6.45) is 3.40. The topological polar surface area (TPSA) is 87.5 Å². The Bertz CT molecular complexity index is 546. The summed E-state index contributed by atoms with van der Waals surface area (Å²) in [5.74, 6) is -0.529. The van der Waals surface area contributed by atoms with Gasteiger partial charge < -0.3 is 10.4 Å². The molecule has 2 heterocycles. The molecule has 0 aromatic carbocycles. The van der Waals surface area contributed by atoms with Crippen LogP contribution in [0, 0.1) is 6.92 Å². The lowest BCUT2D eigenvalue weighted by Gasteiger charge is -2.27. The van der Waals surface area contributed by atoms with Crippen molar-refractivity contribution in [2.45, 2.75) is 38.1 Å². The molecular weight excluding hydrogens is 292 g/mol. The van der Waals surface area contributed by atoms with Crippen LogP contribution in [0.25, 0.3) is 0 Å². The van der Waals surface area contributed by atoms with Gasteiger partial charge in [-0.2, -0.15) is 5.10 Å². The van der Waals surface area contributed by atoms with Crippen LogP contribution < -0.4 is 5.32 Å². The smallest absolute Gasteiger partial charge is 0.327 e. The summed E-state index contributed by atoms with van der Waals surface area (Å²) in [4.78, 5) is 25.3. The van der Waals surface area contributed by atoms with Crippen molar-refractivity contribution in [3.05, 3.63) is 11.9 Å². The maximum Gasteiger partial charge on any atom is 0.327 e. The number of rotatable bonds is 4. The fraction of sp³-hybridized carbons (Fsp3) is 0.615. The van der Waals surface area contributed by atoms with Gasteiger partial charge in [0.25, 0.3) is 0 Å². The summed E-state index contributed by atoms with van der Waals surface area (Å²) in [5.41, 5.74) is 1.32. The van der Waals surface area contributed by atoms with E-state index >= 15 is 0 Å². The van der Waals surface area contributed by atoms with Gasteiger partial charge >= 0.3 is 12.0 Å². The first-order valence-electron chi connectivity index (χ1n) is 6.88. The molecule has 0 saturated carbocycles. The van der Waals surface area contributed by atoms with E-state index in [0.29, 0.717) is 17.1 Å². The average molecular weight is 312 g/mol. The number of nitrogens with one attached hydrogen (secondary N) is 1. The van der Waals surface area contributed by atoms with E-state index in [9.17, 15) is 14.7 Å².